The second kappa shape index (κ2) is 5.55. The van der Waals surface area contributed by atoms with E-state index in [0.29, 0.717) is 11.3 Å². The fourth-order valence-electron chi connectivity index (χ4n) is 1.69. The summed E-state index contributed by atoms with van der Waals surface area (Å²) < 4.78 is 22.2. The highest BCUT2D eigenvalue weighted by molar-refractivity contribution is 7.89. The highest BCUT2D eigenvalue weighted by Gasteiger charge is 2.11. The van der Waals surface area contributed by atoms with Crippen LogP contribution in [0.25, 0.3) is 0 Å². The van der Waals surface area contributed by atoms with E-state index in [1.807, 2.05) is 0 Å². The first-order valence-corrected chi connectivity index (χ1v) is 7.56. The molecule has 1 amide bonds. The molecule has 2 aromatic rings. The van der Waals surface area contributed by atoms with Crippen LogP contribution in [0.1, 0.15) is 15.9 Å². The van der Waals surface area contributed by atoms with E-state index < -0.39 is 15.9 Å². The van der Waals surface area contributed by atoms with Gasteiger partial charge in [-0.05, 0) is 42.8 Å². The molecule has 0 aliphatic heterocycles. The van der Waals surface area contributed by atoms with Crippen molar-refractivity contribution in [2.75, 3.05) is 5.32 Å². The summed E-state index contributed by atoms with van der Waals surface area (Å²) >= 11 is 0. The zero-order chi connectivity index (χ0) is 15.6. The lowest BCUT2D eigenvalue weighted by Gasteiger charge is -2.07. The summed E-state index contributed by atoms with van der Waals surface area (Å²) in [5, 5.41) is 17.2. The van der Waals surface area contributed by atoms with Crippen LogP contribution in [0.2, 0.25) is 0 Å². The Kier molecular flexibility index (Phi) is 3.97. The number of amides is 1. The van der Waals surface area contributed by atoms with Gasteiger partial charge in [-0.15, -0.1) is 0 Å². The first-order valence-electron chi connectivity index (χ1n) is 6.01. The molecule has 0 aromatic heterocycles. The van der Waals surface area contributed by atoms with E-state index in [-0.39, 0.29) is 16.2 Å². The van der Waals surface area contributed by atoms with Crippen LogP contribution in [-0.2, 0) is 10.0 Å². The molecule has 0 bridgehead atoms. The summed E-state index contributed by atoms with van der Waals surface area (Å²) in [4.78, 5) is 11.9. The topological polar surface area (TPSA) is 109 Å². The molecule has 110 valence electrons. The van der Waals surface area contributed by atoms with Gasteiger partial charge in [0.05, 0.1) is 4.90 Å². The highest BCUT2D eigenvalue weighted by atomic mass is 32.2. The number of carbonyl (C=O) groups excluding carboxylic acids is 1. The van der Waals surface area contributed by atoms with Gasteiger partial charge in [0.2, 0.25) is 10.0 Å². The van der Waals surface area contributed by atoms with Gasteiger partial charge in [0.1, 0.15) is 5.75 Å². The van der Waals surface area contributed by atoms with Crippen LogP contribution in [0.3, 0.4) is 0 Å². The first kappa shape index (κ1) is 15.0. The van der Waals surface area contributed by atoms with E-state index in [0.717, 1.165) is 0 Å². The van der Waals surface area contributed by atoms with E-state index in [4.69, 9.17) is 5.14 Å². The average molecular weight is 306 g/mol. The summed E-state index contributed by atoms with van der Waals surface area (Å²) in [6.07, 6.45) is 0. The summed E-state index contributed by atoms with van der Waals surface area (Å²) in [6.45, 7) is 1.74. The molecule has 0 aliphatic carbocycles. The minimum Gasteiger partial charge on any atom is -0.508 e. The number of carbonyl (C=O) groups is 1. The number of benzene rings is 2. The molecular formula is C14H14N2O4S. The van der Waals surface area contributed by atoms with Crippen LogP contribution in [0, 0.1) is 6.92 Å². The number of sulfonamides is 1. The zero-order valence-corrected chi connectivity index (χ0v) is 12.0. The van der Waals surface area contributed by atoms with Crippen LogP contribution in [0.15, 0.2) is 47.4 Å². The largest absolute Gasteiger partial charge is 0.508 e. The zero-order valence-electron chi connectivity index (χ0n) is 11.2. The monoisotopic (exact) mass is 306 g/mol. The molecule has 4 N–H and O–H groups in total. The van der Waals surface area contributed by atoms with Crippen molar-refractivity contribution in [1.82, 2.24) is 0 Å². The maximum atomic E-state index is 12.0. The number of rotatable bonds is 3. The van der Waals surface area contributed by atoms with Crippen molar-refractivity contribution in [2.45, 2.75) is 11.8 Å². The number of hydrogen-bond acceptors (Lipinski definition) is 4. The second-order valence-corrected chi connectivity index (χ2v) is 6.09. The lowest BCUT2D eigenvalue weighted by Crippen LogP contribution is -2.14. The van der Waals surface area contributed by atoms with Crippen LogP contribution in [0.5, 0.6) is 5.75 Å². The first-order chi connectivity index (χ1) is 9.77. The Hall–Kier alpha value is -2.38. The number of aryl methyl sites for hydroxylation is 1. The van der Waals surface area contributed by atoms with E-state index in [2.05, 4.69) is 5.32 Å². The highest BCUT2D eigenvalue weighted by Crippen LogP contribution is 2.21. The van der Waals surface area contributed by atoms with Gasteiger partial charge >= 0.3 is 0 Å². The fraction of sp³-hybridized carbons (Fsp3) is 0.0714. The lowest BCUT2D eigenvalue weighted by molar-refractivity contribution is 0.102. The Bertz CT molecular complexity index is 783. The Morgan fingerprint density at radius 2 is 1.76 bits per heavy atom. The van der Waals surface area contributed by atoms with Crippen molar-refractivity contribution in [1.29, 1.82) is 0 Å². The molecule has 2 aromatic carbocycles. The second-order valence-electron chi connectivity index (χ2n) is 4.52. The number of nitrogens with one attached hydrogen (secondary N) is 1. The lowest BCUT2D eigenvalue weighted by atomic mass is 10.2. The number of aromatic hydroxyl groups is 1. The predicted molar refractivity (Wildman–Crippen MR) is 78.6 cm³/mol. The fourth-order valence-corrected chi connectivity index (χ4v) is 2.20. The SMILES string of the molecule is Cc1ccc(NC(=O)c2ccc(S(N)(=O)=O)cc2)cc1O. The molecule has 0 aliphatic rings. The van der Waals surface area contributed by atoms with Gasteiger partial charge in [0.15, 0.2) is 0 Å². The Balaban J connectivity index is 2.18. The molecule has 0 atom stereocenters. The predicted octanol–water partition coefficient (Wildman–Crippen LogP) is 1.60. The number of phenolic OH excluding ortho intramolecular Hbond substituents is 1. The molecule has 2 rings (SSSR count). The molecule has 6 nitrogen and oxygen atoms in total. The van der Waals surface area contributed by atoms with E-state index >= 15 is 0 Å². The molecule has 0 saturated heterocycles. The van der Waals surface area contributed by atoms with Gasteiger partial charge in [-0.2, -0.15) is 0 Å². The smallest absolute Gasteiger partial charge is 0.255 e. The van der Waals surface area contributed by atoms with Crippen LogP contribution < -0.4 is 10.5 Å². The van der Waals surface area contributed by atoms with Crippen molar-refractivity contribution >= 4 is 21.6 Å². The molecule has 7 heteroatoms. The molecule has 0 radical (unpaired) electrons. The van der Waals surface area contributed by atoms with Gasteiger partial charge in [-0.1, -0.05) is 6.07 Å². The maximum Gasteiger partial charge on any atom is 0.255 e. The van der Waals surface area contributed by atoms with Crippen molar-refractivity contribution in [3.63, 3.8) is 0 Å². The molecule has 0 heterocycles. The summed E-state index contributed by atoms with van der Waals surface area (Å²) in [5.74, 6) is -0.336. The van der Waals surface area contributed by atoms with Gasteiger partial charge in [-0.25, -0.2) is 13.6 Å². The molecule has 0 spiro atoms. The third-order valence-corrected chi connectivity index (χ3v) is 3.84. The Morgan fingerprint density at radius 3 is 2.29 bits per heavy atom. The molecule has 0 saturated carbocycles. The minimum absolute atomic E-state index is 0.0629. The summed E-state index contributed by atoms with van der Waals surface area (Å²) in [7, 11) is -3.78. The van der Waals surface area contributed by atoms with Crippen molar-refractivity contribution in [2.24, 2.45) is 5.14 Å². The molecule has 0 fully saturated rings. The summed E-state index contributed by atoms with van der Waals surface area (Å²) in [5.41, 5.74) is 1.42. The van der Waals surface area contributed by atoms with E-state index in [1.54, 1.807) is 19.1 Å². The van der Waals surface area contributed by atoms with Crippen LogP contribution in [0.4, 0.5) is 5.69 Å². The number of anilines is 1. The Labute approximate surface area is 122 Å². The number of nitrogens with two attached hydrogens (primary N) is 1. The van der Waals surface area contributed by atoms with Gasteiger partial charge in [-0.3, -0.25) is 4.79 Å². The van der Waals surface area contributed by atoms with Gasteiger partial charge < -0.3 is 10.4 Å². The molecule has 21 heavy (non-hydrogen) atoms. The number of hydrogen-bond donors (Lipinski definition) is 3. The number of primary sulfonamides is 1. The minimum atomic E-state index is -3.78. The third kappa shape index (κ3) is 3.59. The normalized spacial score (nSPS) is 11.1. The van der Waals surface area contributed by atoms with Crippen molar-refractivity contribution in [3.8, 4) is 5.75 Å². The number of phenols is 1. The average Bonchev–Trinajstić information content (AvgIpc) is 2.42. The van der Waals surface area contributed by atoms with Crippen LogP contribution >= 0.6 is 0 Å². The van der Waals surface area contributed by atoms with Gasteiger partial charge in [0, 0.05) is 17.3 Å². The van der Waals surface area contributed by atoms with E-state index in [9.17, 15) is 18.3 Å². The molecule has 0 unspecified atom stereocenters. The van der Waals surface area contributed by atoms with Crippen molar-refractivity contribution < 1.29 is 18.3 Å². The standard InChI is InChI=1S/C14H14N2O4S/c1-9-2-5-11(8-13(9)17)16-14(18)10-3-6-12(7-4-10)21(15,19)20/h2-8,17H,1H3,(H,16,18)(H2,15,19,20). The van der Waals surface area contributed by atoms with E-state index in [1.165, 1.54) is 30.3 Å². The maximum absolute atomic E-state index is 12.0. The summed E-state index contributed by atoms with van der Waals surface area (Å²) in [6, 6.07) is 10.0. The van der Waals surface area contributed by atoms with Gasteiger partial charge in [0.25, 0.3) is 5.91 Å². The quantitative estimate of drug-likeness (QED) is 0.800. The third-order valence-electron chi connectivity index (χ3n) is 2.91. The molecular weight excluding hydrogens is 292 g/mol. The van der Waals surface area contributed by atoms with Crippen molar-refractivity contribution in [3.05, 3.63) is 53.6 Å². The van der Waals surface area contributed by atoms with Crippen LogP contribution in [-0.4, -0.2) is 19.4 Å². The Morgan fingerprint density at radius 1 is 1.14 bits per heavy atom.